The van der Waals surface area contributed by atoms with E-state index in [0.29, 0.717) is 6.61 Å². The second kappa shape index (κ2) is 20.2. The second-order valence-corrected chi connectivity index (χ2v) is 16.3. The summed E-state index contributed by atoms with van der Waals surface area (Å²) < 4.78 is 5.87. The van der Waals surface area contributed by atoms with Crippen LogP contribution in [-0.4, -0.2) is 38.3 Å². The van der Waals surface area contributed by atoms with Crippen LogP contribution >= 0.6 is 7.26 Å². The maximum atomic E-state index is 5.87. The fraction of sp³-hybridized carbons (Fsp3) is 0.208. The van der Waals surface area contributed by atoms with Gasteiger partial charge in [0.05, 0.1) is 6.16 Å². The van der Waals surface area contributed by atoms with Crippen molar-refractivity contribution in [2.24, 2.45) is 0 Å². The van der Waals surface area contributed by atoms with Gasteiger partial charge >= 0.3 is 0 Å². The Morgan fingerprint density at radius 3 is 1.29 bits per heavy atom. The molecule has 0 spiro atoms. The molecular formula is C48H55NOP+. The number of likely N-dealkylation sites (N-methyl/N-ethyl adjacent to an activating group) is 1. The van der Waals surface area contributed by atoms with Gasteiger partial charge in [0.1, 0.15) is 35.5 Å². The molecule has 0 N–H and O–H groups in total. The lowest BCUT2D eigenvalue weighted by atomic mass is 9.88. The Balaban J connectivity index is 0.000000230. The zero-order valence-electron chi connectivity index (χ0n) is 30.1. The Bertz CT molecular complexity index is 1760. The van der Waals surface area contributed by atoms with Crippen molar-refractivity contribution in [2.75, 3.05) is 33.4 Å². The fourth-order valence-corrected chi connectivity index (χ4v) is 10.9. The van der Waals surface area contributed by atoms with E-state index >= 15 is 0 Å². The van der Waals surface area contributed by atoms with E-state index < -0.39 is 7.26 Å². The average Bonchev–Trinajstić information content (AvgIpc) is 3.18. The van der Waals surface area contributed by atoms with Gasteiger partial charge in [-0.25, -0.2) is 0 Å². The molecule has 0 radical (unpaired) electrons. The summed E-state index contributed by atoms with van der Waals surface area (Å²) >= 11 is 0. The third kappa shape index (κ3) is 10.2. The molecule has 0 amide bonds. The molecule has 51 heavy (non-hydrogen) atoms. The summed E-state index contributed by atoms with van der Waals surface area (Å²) in [4.78, 5) is 2.12. The monoisotopic (exact) mass is 692 g/mol. The van der Waals surface area contributed by atoms with E-state index in [9.17, 15) is 0 Å². The van der Waals surface area contributed by atoms with E-state index in [0.717, 1.165) is 18.7 Å². The van der Waals surface area contributed by atoms with E-state index in [4.69, 9.17) is 4.74 Å². The molecule has 262 valence electrons. The zero-order valence-corrected chi connectivity index (χ0v) is 31.0. The van der Waals surface area contributed by atoms with Crippen molar-refractivity contribution >= 4 is 34.3 Å². The SMILES string of the molecule is C.CC/C(=C(\c1ccccc1)c1ccc(OCCN(C)C)cc1)c1ccccc1.CCC[P+](c1ccccc1)(c1ccccc1)c1ccccc1. The molecule has 0 saturated heterocycles. The van der Waals surface area contributed by atoms with Crippen molar-refractivity contribution in [1.82, 2.24) is 4.90 Å². The molecule has 3 heteroatoms. The number of hydrogen-bond donors (Lipinski definition) is 0. The van der Waals surface area contributed by atoms with Gasteiger partial charge < -0.3 is 9.64 Å². The topological polar surface area (TPSA) is 12.5 Å². The minimum Gasteiger partial charge on any atom is -0.492 e. The number of ether oxygens (including phenoxy) is 1. The highest BCUT2D eigenvalue weighted by Gasteiger charge is 2.44. The molecule has 6 rings (SSSR count). The van der Waals surface area contributed by atoms with Crippen LogP contribution in [0.3, 0.4) is 0 Å². The summed E-state index contributed by atoms with van der Waals surface area (Å²) in [7, 11) is 2.56. The van der Waals surface area contributed by atoms with Crippen molar-refractivity contribution in [3.05, 3.63) is 193 Å². The summed E-state index contributed by atoms with van der Waals surface area (Å²) in [6.07, 6.45) is 3.37. The molecule has 0 aliphatic heterocycles. The third-order valence-corrected chi connectivity index (χ3v) is 13.6. The van der Waals surface area contributed by atoms with Crippen molar-refractivity contribution in [2.45, 2.75) is 34.1 Å². The highest BCUT2D eigenvalue weighted by atomic mass is 31.2. The lowest BCUT2D eigenvalue weighted by Gasteiger charge is -2.27. The fourth-order valence-electron chi connectivity index (χ4n) is 6.57. The predicted molar refractivity (Wildman–Crippen MR) is 227 cm³/mol. The van der Waals surface area contributed by atoms with Gasteiger partial charge in [0, 0.05) is 6.54 Å². The van der Waals surface area contributed by atoms with Gasteiger partial charge in [0.25, 0.3) is 0 Å². The Morgan fingerprint density at radius 2 is 0.902 bits per heavy atom. The van der Waals surface area contributed by atoms with Gasteiger partial charge in [-0.05, 0) is 103 Å². The van der Waals surface area contributed by atoms with E-state index in [1.54, 1.807) is 0 Å². The lowest BCUT2D eigenvalue weighted by Crippen LogP contribution is -2.33. The first kappa shape index (κ1) is 39.0. The number of rotatable bonds is 13. The van der Waals surface area contributed by atoms with Gasteiger partial charge in [-0.1, -0.05) is 149 Å². The van der Waals surface area contributed by atoms with E-state index in [-0.39, 0.29) is 7.43 Å². The van der Waals surface area contributed by atoms with Crippen LogP contribution in [0, 0.1) is 0 Å². The average molecular weight is 693 g/mol. The Kier molecular flexibility index (Phi) is 15.5. The quantitative estimate of drug-likeness (QED) is 0.0882. The van der Waals surface area contributed by atoms with Crippen LogP contribution in [0.1, 0.15) is 50.8 Å². The third-order valence-electron chi connectivity index (χ3n) is 8.94. The molecule has 6 aromatic carbocycles. The van der Waals surface area contributed by atoms with Crippen LogP contribution in [0.15, 0.2) is 176 Å². The van der Waals surface area contributed by atoms with Crippen molar-refractivity contribution in [3.8, 4) is 5.75 Å². The van der Waals surface area contributed by atoms with Crippen LogP contribution in [0.25, 0.3) is 11.1 Å². The summed E-state index contributed by atoms with van der Waals surface area (Å²) in [5.74, 6) is 0.913. The molecule has 6 aromatic rings. The summed E-state index contributed by atoms with van der Waals surface area (Å²) in [6, 6.07) is 63.0. The van der Waals surface area contributed by atoms with Crippen LogP contribution < -0.4 is 20.7 Å². The first-order valence-corrected chi connectivity index (χ1v) is 19.8. The summed E-state index contributed by atoms with van der Waals surface area (Å²) in [5, 5.41) is 4.44. The minimum atomic E-state index is -1.55. The van der Waals surface area contributed by atoms with E-state index in [1.807, 2.05) is 0 Å². The lowest BCUT2D eigenvalue weighted by molar-refractivity contribution is 0.261. The van der Waals surface area contributed by atoms with E-state index in [2.05, 4.69) is 209 Å². The Morgan fingerprint density at radius 1 is 0.510 bits per heavy atom. The van der Waals surface area contributed by atoms with Crippen molar-refractivity contribution in [1.29, 1.82) is 0 Å². The highest BCUT2D eigenvalue weighted by molar-refractivity contribution is 7.95. The van der Waals surface area contributed by atoms with Crippen LogP contribution in [0.2, 0.25) is 0 Å². The van der Waals surface area contributed by atoms with Gasteiger partial charge in [-0.2, -0.15) is 0 Å². The largest absolute Gasteiger partial charge is 0.492 e. The molecule has 0 aliphatic rings. The highest BCUT2D eigenvalue weighted by Crippen LogP contribution is 2.55. The molecule has 0 atom stereocenters. The molecule has 0 fully saturated rings. The van der Waals surface area contributed by atoms with Crippen LogP contribution in [0.4, 0.5) is 0 Å². The number of benzene rings is 6. The van der Waals surface area contributed by atoms with Crippen LogP contribution in [0.5, 0.6) is 5.75 Å². The van der Waals surface area contributed by atoms with Crippen molar-refractivity contribution in [3.63, 3.8) is 0 Å². The van der Waals surface area contributed by atoms with Crippen LogP contribution in [-0.2, 0) is 0 Å². The molecule has 0 unspecified atom stereocenters. The predicted octanol–water partition coefficient (Wildman–Crippen LogP) is 11.0. The number of nitrogens with zero attached hydrogens (tertiary/aromatic N) is 1. The molecule has 0 bridgehead atoms. The molecule has 0 aliphatic carbocycles. The maximum absolute atomic E-state index is 5.87. The van der Waals surface area contributed by atoms with Gasteiger partial charge in [0.2, 0.25) is 0 Å². The smallest absolute Gasteiger partial charge is 0.119 e. The molecule has 0 saturated carbocycles. The zero-order chi connectivity index (χ0) is 35.0. The summed E-state index contributed by atoms with van der Waals surface area (Å²) in [6.45, 7) is 6.12. The minimum absolute atomic E-state index is 0. The van der Waals surface area contributed by atoms with Gasteiger partial charge in [-0.15, -0.1) is 0 Å². The van der Waals surface area contributed by atoms with E-state index in [1.165, 1.54) is 56.3 Å². The Labute approximate surface area is 308 Å². The second-order valence-electron chi connectivity index (χ2n) is 12.7. The molecule has 2 nitrogen and oxygen atoms in total. The Hall–Kier alpha value is -4.75. The molecule has 0 heterocycles. The normalized spacial score (nSPS) is 11.5. The number of hydrogen-bond acceptors (Lipinski definition) is 2. The maximum Gasteiger partial charge on any atom is 0.119 e. The molecular weight excluding hydrogens is 638 g/mol. The number of allylic oxidation sites excluding steroid dienone is 1. The molecule has 0 aromatic heterocycles. The standard InChI is InChI=1S/C26H29NO.C21H22P.CH4/c1-4-25(21-11-7-5-8-12-21)26(22-13-9-6-10-14-22)23-15-17-24(18-16-23)28-20-19-27(2)3;1-2-18-22(19-12-6-3-7-13-19,20-14-8-4-9-15-20)21-16-10-5-11-17-21;/h5-18H,4,19-20H2,1-3H3;3-17H,2,18H2,1H3;1H4/q;+1;/b26-25-;;. The van der Waals surface area contributed by atoms with Crippen molar-refractivity contribution < 1.29 is 4.74 Å². The first-order valence-electron chi connectivity index (χ1n) is 17.8. The first-order chi connectivity index (χ1) is 24.6. The summed E-state index contributed by atoms with van der Waals surface area (Å²) in [5.41, 5.74) is 6.37. The van der Waals surface area contributed by atoms with Gasteiger partial charge in [0.15, 0.2) is 0 Å². The van der Waals surface area contributed by atoms with Gasteiger partial charge in [-0.3, -0.25) is 0 Å².